The highest BCUT2D eigenvalue weighted by atomic mass is 32.2. The molecule has 0 fully saturated rings. The minimum absolute atomic E-state index is 0.0121. The Morgan fingerprint density at radius 1 is 1.15 bits per heavy atom. The SMILES string of the molecule is CCOc1ccc(S(=O)(=O)NNC2=CCS(=O)(=O)c3ccc(F)cc32)cc1. The molecule has 0 aliphatic carbocycles. The first-order valence-corrected chi connectivity index (χ1v) is 11.1. The van der Waals surface area contributed by atoms with Gasteiger partial charge in [0.2, 0.25) is 0 Å². The van der Waals surface area contributed by atoms with Crippen molar-refractivity contribution in [3.8, 4) is 5.75 Å². The lowest BCUT2D eigenvalue weighted by molar-refractivity contribution is 0.340. The number of hydrogen-bond acceptors (Lipinski definition) is 6. The van der Waals surface area contributed by atoms with Gasteiger partial charge in [-0.2, -0.15) is 0 Å². The summed E-state index contributed by atoms with van der Waals surface area (Å²) in [5.41, 5.74) is 2.71. The summed E-state index contributed by atoms with van der Waals surface area (Å²) >= 11 is 0. The van der Waals surface area contributed by atoms with Gasteiger partial charge < -0.3 is 10.2 Å². The van der Waals surface area contributed by atoms with Gasteiger partial charge in [0, 0.05) is 5.56 Å². The lowest BCUT2D eigenvalue weighted by Gasteiger charge is -2.20. The van der Waals surface area contributed by atoms with Crippen LogP contribution in [0.5, 0.6) is 5.75 Å². The first-order chi connectivity index (χ1) is 12.7. The number of halogens is 1. The largest absolute Gasteiger partial charge is 0.494 e. The van der Waals surface area contributed by atoms with Gasteiger partial charge in [0.1, 0.15) is 11.6 Å². The molecule has 7 nitrogen and oxygen atoms in total. The van der Waals surface area contributed by atoms with Gasteiger partial charge in [-0.1, -0.05) is 0 Å². The molecule has 0 radical (unpaired) electrons. The zero-order valence-electron chi connectivity index (χ0n) is 14.3. The average molecular weight is 412 g/mol. The summed E-state index contributed by atoms with van der Waals surface area (Å²) in [6.07, 6.45) is 1.29. The molecule has 0 atom stereocenters. The molecule has 0 saturated carbocycles. The molecule has 2 N–H and O–H groups in total. The number of sulfone groups is 1. The second-order valence-electron chi connectivity index (χ2n) is 5.67. The number of sulfonamides is 1. The average Bonchev–Trinajstić information content (AvgIpc) is 2.61. The Balaban J connectivity index is 1.82. The van der Waals surface area contributed by atoms with Crippen molar-refractivity contribution in [1.82, 2.24) is 10.3 Å². The van der Waals surface area contributed by atoms with E-state index in [9.17, 15) is 21.2 Å². The second kappa shape index (κ2) is 7.29. The van der Waals surface area contributed by atoms with Crippen LogP contribution in [0, 0.1) is 5.82 Å². The van der Waals surface area contributed by atoms with Gasteiger partial charge in [0.05, 0.1) is 27.8 Å². The zero-order chi connectivity index (χ0) is 19.7. The van der Waals surface area contributed by atoms with Crippen LogP contribution in [0.4, 0.5) is 4.39 Å². The van der Waals surface area contributed by atoms with Crippen molar-refractivity contribution in [2.75, 3.05) is 12.4 Å². The van der Waals surface area contributed by atoms with E-state index in [1.54, 1.807) is 0 Å². The molecule has 2 aromatic rings. The van der Waals surface area contributed by atoms with Crippen LogP contribution in [-0.4, -0.2) is 29.2 Å². The van der Waals surface area contributed by atoms with E-state index in [2.05, 4.69) is 10.3 Å². The van der Waals surface area contributed by atoms with Crippen molar-refractivity contribution in [2.24, 2.45) is 0 Å². The van der Waals surface area contributed by atoms with Gasteiger partial charge in [0.15, 0.2) is 9.84 Å². The summed E-state index contributed by atoms with van der Waals surface area (Å²) in [6, 6.07) is 9.05. The molecular weight excluding hydrogens is 395 g/mol. The van der Waals surface area contributed by atoms with Crippen molar-refractivity contribution in [1.29, 1.82) is 0 Å². The summed E-state index contributed by atoms with van der Waals surface area (Å²) in [6.45, 7) is 2.27. The standard InChI is InChI=1S/C17H17FN2O5S2/c1-2-25-13-4-6-14(7-5-13)27(23,24)20-19-16-9-10-26(21,22)17-8-3-12(18)11-15(16)17/h3-9,11,19-20H,2,10H2,1H3. The van der Waals surface area contributed by atoms with Gasteiger partial charge in [-0.3, -0.25) is 0 Å². The maximum absolute atomic E-state index is 13.6. The smallest absolute Gasteiger partial charge is 0.257 e. The highest BCUT2D eigenvalue weighted by molar-refractivity contribution is 7.91. The maximum atomic E-state index is 13.6. The van der Waals surface area contributed by atoms with Gasteiger partial charge in [0.25, 0.3) is 10.0 Å². The van der Waals surface area contributed by atoms with Gasteiger partial charge >= 0.3 is 0 Å². The van der Waals surface area contributed by atoms with Crippen molar-refractivity contribution in [3.05, 3.63) is 59.9 Å². The second-order valence-corrected chi connectivity index (χ2v) is 9.36. The predicted octanol–water partition coefficient (Wildman–Crippen LogP) is 1.84. The molecule has 2 aromatic carbocycles. The van der Waals surface area contributed by atoms with E-state index in [-0.39, 0.29) is 26.8 Å². The third-order valence-corrected chi connectivity index (χ3v) is 6.73. The number of fused-ring (bicyclic) bond motifs is 1. The van der Waals surface area contributed by atoms with E-state index in [0.29, 0.717) is 12.4 Å². The number of rotatable bonds is 6. The fourth-order valence-electron chi connectivity index (χ4n) is 2.56. The maximum Gasteiger partial charge on any atom is 0.257 e. The molecule has 3 rings (SSSR count). The number of hydrazine groups is 1. The monoisotopic (exact) mass is 412 g/mol. The molecule has 144 valence electrons. The lowest BCUT2D eigenvalue weighted by Crippen LogP contribution is -2.37. The first-order valence-electron chi connectivity index (χ1n) is 7.96. The molecule has 0 spiro atoms. The van der Waals surface area contributed by atoms with E-state index < -0.39 is 25.7 Å². The fourth-order valence-corrected chi connectivity index (χ4v) is 4.76. The third-order valence-electron chi connectivity index (χ3n) is 3.84. The van der Waals surface area contributed by atoms with Crippen molar-refractivity contribution in [2.45, 2.75) is 16.7 Å². The Bertz CT molecular complexity index is 1090. The van der Waals surface area contributed by atoms with Crippen LogP contribution in [0.3, 0.4) is 0 Å². The van der Waals surface area contributed by atoms with E-state index in [4.69, 9.17) is 4.74 Å². The molecule has 0 unspecified atom stereocenters. The quantitative estimate of drug-likeness (QED) is 0.555. The molecular formula is C17H17FN2O5S2. The van der Waals surface area contributed by atoms with E-state index in [1.807, 2.05) is 6.92 Å². The number of ether oxygens (including phenoxy) is 1. The molecule has 0 bridgehead atoms. The van der Waals surface area contributed by atoms with Crippen LogP contribution in [0.25, 0.3) is 5.70 Å². The highest BCUT2D eigenvalue weighted by Gasteiger charge is 2.26. The molecule has 0 aromatic heterocycles. The summed E-state index contributed by atoms with van der Waals surface area (Å²) in [5.74, 6) is -0.416. The van der Waals surface area contributed by atoms with E-state index in [0.717, 1.165) is 18.2 Å². The summed E-state index contributed by atoms with van der Waals surface area (Å²) in [4.78, 5) is 2.11. The minimum Gasteiger partial charge on any atom is -0.494 e. The van der Waals surface area contributed by atoms with Crippen LogP contribution < -0.4 is 15.0 Å². The Morgan fingerprint density at radius 2 is 1.85 bits per heavy atom. The topological polar surface area (TPSA) is 102 Å². The van der Waals surface area contributed by atoms with Crippen molar-refractivity contribution < 1.29 is 26.0 Å². The van der Waals surface area contributed by atoms with Crippen LogP contribution in [0.15, 0.2) is 58.3 Å². The Hall–Kier alpha value is -2.43. The van der Waals surface area contributed by atoms with Crippen LogP contribution in [0.2, 0.25) is 0 Å². The predicted molar refractivity (Wildman–Crippen MR) is 97.5 cm³/mol. The normalized spacial score (nSPS) is 15.6. The summed E-state index contributed by atoms with van der Waals surface area (Å²) in [7, 11) is -7.52. The third kappa shape index (κ3) is 4.12. The Labute approximate surface area is 156 Å². The molecule has 1 aliphatic heterocycles. The minimum atomic E-state index is -3.93. The first kappa shape index (κ1) is 19.3. The van der Waals surface area contributed by atoms with Gasteiger partial charge in [-0.05, 0) is 55.5 Å². The van der Waals surface area contributed by atoms with Crippen LogP contribution in [-0.2, 0) is 19.9 Å². The lowest BCUT2D eigenvalue weighted by atomic mass is 10.1. The van der Waals surface area contributed by atoms with Crippen LogP contribution in [0.1, 0.15) is 12.5 Å². The Kier molecular flexibility index (Phi) is 5.22. The van der Waals surface area contributed by atoms with Gasteiger partial charge in [-0.25, -0.2) is 21.2 Å². The fraction of sp³-hybridized carbons (Fsp3) is 0.176. The Morgan fingerprint density at radius 3 is 2.52 bits per heavy atom. The molecule has 10 heteroatoms. The van der Waals surface area contributed by atoms with Gasteiger partial charge in [-0.15, -0.1) is 4.83 Å². The molecule has 27 heavy (non-hydrogen) atoms. The zero-order valence-corrected chi connectivity index (χ0v) is 15.9. The van der Waals surface area contributed by atoms with Crippen LogP contribution >= 0.6 is 0 Å². The number of benzene rings is 2. The van der Waals surface area contributed by atoms with E-state index in [1.165, 1.54) is 30.3 Å². The number of nitrogens with one attached hydrogen (secondary N) is 2. The molecule has 1 heterocycles. The number of hydrogen-bond donors (Lipinski definition) is 2. The van der Waals surface area contributed by atoms with Crippen molar-refractivity contribution in [3.63, 3.8) is 0 Å². The van der Waals surface area contributed by atoms with E-state index >= 15 is 0 Å². The molecule has 0 amide bonds. The highest BCUT2D eigenvalue weighted by Crippen LogP contribution is 2.28. The summed E-state index contributed by atoms with van der Waals surface area (Å²) in [5, 5.41) is 0. The molecule has 1 aliphatic rings. The van der Waals surface area contributed by atoms with Crippen molar-refractivity contribution >= 4 is 25.6 Å². The summed E-state index contributed by atoms with van der Waals surface area (Å²) < 4.78 is 67.8. The molecule has 0 saturated heterocycles.